The van der Waals surface area contributed by atoms with Crippen LogP contribution in [0.2, 0.25) is 5.02 Å². The molecule has 2 bridgehead atoms. The maximum absolute atomic E-state index is 12.5. The highest BCUT2D eigenvalue weighted by atomic mass is 35.5. The molecule has 0 saturated carbocycles. The van der Waals surface area contributed by atoms with Crippen molar-refractivity contribution in [3.63, 3.8) is 0 Å². The fourth-order valence-corrected chi connectivity index (χ4v) is 2.89. The van der Waals surface area contributed by atoms with E-state index in [4.69, 9.17) is 11.6 Å². The normalized spacial score (nSPS) is 27.0. The summed E-state index contributed by atoms with van der Waals surface area (Å²) >= 11 is 5.93. The Morgan fingerprint density at radius 1 is 1.44 bits per heavy atom. The molecule has 0 spiro atoms. The lowest BCUT2D eigenvalue weighted by Gasteiger charge is -2.29. The van der Waals surface area contributed by atoms with E-state index in [-0.39, 0.29) is 11.1 Å². The van der Waals surface area contributed by atoms with Gasteiger partial charge < -0.3 is 10.2 Å². The number of hydrogen-bond acceptors (Lipinski definition) is 3. The Balaban J connectivity index is 1.90. The number of aromatic nitrogens is 1. The van der Waals surface area contributed by atoms with Gasteiger partial charge in [0.05, 0.1) is 10.6 Å². The fourth-order valence-electron chi connectivity index (χ4n) is 2.62. The molecule has 2 atom stereocenters. The summed E-state index contributed by atoms with van der Waals surface area (Å²) in [5.74, 6) is 0.457. The van der Waals surface area contributed by atoms with Crippen LogP contribution in [0.4, 0.5) is 19.0 Å². The highest BCUT2D eigenvalue weighted by Crippen LogP contribution is 2.36. The summed E-state index contributed by atoms with van der Waals surface area (Å²) in [5.41, 5.74) is -0.807. The van der Waals surface area contributed by atoms with Gasteiger partial charge in [-0.3, -0.25) is 0 Å². The van der Waals surface area contributed by atoms with E-state index in [1.54, 1.807) is 0 Å². The largest absolute Gasteiger partial charge is 0.417 e. The van der Waals surface area contributed by atoms with Gasteiger partial charge in [0.15, 0.2) is 0 Å². The summed E-state index contributed by atoms with van der Waals surface area (Å²) in [7, 11) is 0. The predicted molar refractivity (Wildman–Crippen MR) is 61.8 cm³/mol. The number of hydrogen-bond donors (Lipinski definition) is 1. The van der Waals surface area contributed by atoms with Crippen LogP contribution in [0.25, 0.3) is 0 Å². The maximum atomic E-state index is 12.5. The molecule has 0 aliphatic carbocycles. The molecule has 1 N–H and O–H groups in total. The standard InChI is InChI=1S/C11H11ClF3N3/c12-9-1-6(11(13,14)15)3-17-10(9)18-5-7-2-8(18)4-16-7/h1,3,7-8,16H,2,4-5H2/t7-,8-/m0/s1. The lowest BCUT2D eigenvalue weighted by Crippen LogP contribution is -2.44. The number of nitrogens with one attached hydrogen (secondary N) is 1. The first-order chi connectivity index (χ1) is 8.45. The smallest absolute Gasteiger partial charge is 0.349 e. The second-order valence-electron chi connectivity index (χ2n) is 4.67. The molecule has 1 aromatic rings. The highest BCUT2D eigenvalue weighted by molar-refractivity contribution is 6.33. The summed E-state index contributed by atoms with van der Waals surface area (Å²) in [6.45, 7) is 1.59. The van der Waals surface area contributed by atoms with Gasteiger partial charge in [-0.05, 0) is 12.5 Å². The Labute approximate surface area is 107 Å². The van der Waals surface area contributed by atoms with E-state index < -0.39 is 11.7 Å². The van der Waals surface area contributed by atoms with Crippen LogP contribution >= 0.6 is 11.6 Å². The Bertz CT molecular complexity index is 477. The van der Waals surface area contributed by atoms with Gasteiger partial charge in [-0.25, -0.2) is 4.98 Å². The zero-order valence-corrected chi connectivity index (χ0v) is 10.1. The Kier molecular flexibility index (Phi) is 2.67. The first-order valence-electron chi connectivity index (χ1n) is 5.68. The molecular weight excluding hydrogens is 267 g/mol. The van der Waals surface area contributed by atoms with E-state index in [2.05, 4.69) is 10.3 Å². The minimum Gasteiger partial charge on any atom is -0.349 e. The number of anilines is 1. The molecule has 3 nitrogen and oxygen atoms in total. The number of piperazine rings is 1. The van der Waals surface area contributed by atoms with Crippen LogP contribution in [0, 0.1) is 0 Å². The van der Waals surface area contributed by atoms with E-state index in [0.717, 1.165) is 31.8 Å². The van der Waals surface area contributed by atoms with Crippen LogP contribution in [-0.4, -0.2) is 30.2 Å². The third kappa shape index (κ3) is 1.93. The van der Waals surface area contributed by atoms with Gasteiger partial charge in [-0.1, -0.05) is 11.6 Å². The first-order valence-corrected chi connectivity index (χ1v) is 6.05. The number of rotatable bonds is 1. The minimum absolute atomic E-state index is 0.0670. The average Bonchev–Trinajstić information content (AvgIpc) is 2.89. The predicted octanol–water partition coefficient (Wildman–Crippen LogP) is 2.30. The van der Waals surface area contributed by atoms with Crippen LogP contribution in [-0.2, 0) is 6.18 Å². The average molecular weight is 278 g/mol. The second-order valence-corrected chi connectivity index (χ2v) is 5.08. The molecule has 1 aromatic heterocycles. The van der Waals surface area contributed by atoms with Crippen LogP contribution < -0.4 is 10.2 Å². The zero-order chi connectivity index (χ0) is 12.9. The fraction of sp³-hybridized carbons (Fsp3) is 0.545. The van der Waals surface area contributed by atoms with Crippen molar-refractivity contribution in [3.05, 3.63) is 22.8 Å². The Hall–Kier alpha value is -1.01. The number of alkyl halides is 3. The molecule has 2 saturated heterocycles. The molecular formula is C11H11ClF3N3. The molecule has 0 unspecified atom stereocenters. The second kappa shape index (κ2) is 3.99. The van der Waals surface area contributed by atoms with Crippen LogP contribution in [0.1, 0.15) is 12.0 Å². The summed E-state index contributed by atoms with van der Waals surface area (Å²) < 4.78 is 37.5. The monoisotopic (exact) mass is 277 g/mol. The summed E-state index contributed by atoms with van der Waals surface area (Å²) in [4.78, 5) is 5.88. The maximum Gasteiger partial charge on any atom is 0.417 e. The molecule has 98 valence electrons. The van der Waals surface area contributed by atoms with Crippen molar-refractivity contribution in [1.82, 2.24) is 10.3 Å². The molecule has 0 radical (unpaired) electrons. The van der Waals surface area contributed by atoms with Gasteiger partial charge in [-0.15, -0.1) is 0 Å². The van der Waals surface area contributed by atoms with Crippen molar-refractivity contribution in [2.75, 3.05) is 18.0 Å². The van der Waals surface area contributed by atoms with Gasteiger partial charge in [0.2, 0.25) is 0 Å². The van der Waals surface area contributed by atoms with Crippen molar-refractivity contribution in [1.29, 1.82) is 0 Å². The van der Waals surface area contributed by atoms with Crippen molar-refractivity contribution in [2.45, 2.75) is 24.7 Å². The quantitative estimate of drug-likeness (QED) is 0.854. The summed E-state index contributed by atoms with van der Waals surface area (Å²) in [6.07, 6.45) is -2.56. The van der Waals surface area contributed by atoms with Crippen molar-refractivity contribution in [2.24, 2.45) is 0 Å². The van der Waals surface area contributed by atoms with Crippen LogP contribution in [0.3, 0.4) is 0 Å². The van der Waals surface area contributed by atoms with E-state index in [0.29, 0.717) is 11.9 Å². The molecule has 2 aliphatic heterocycles. The topological polar surface area (TPSA) is 28.2 Å². The molecule has 0 amide bonds. The molecule has 18 heavy (non-hydrogen) atoms. The van der Waals surface area contributed by atoms with Crippen LogP contribution in [0.15, 0.2) is 12.3 Å². The number of nitrogens with zero attached hydrogens (tertiary/aromatic N) is 2. The highest BCUT2D eigenvalue weighted by Gasteiger charge is 2.39. The SMILES string of the molecule is FC(F)(F)c1cnc(N2C[C@@H]3C[C@H]2CN3)c(Cl)c1. The molecule has 3 rings (SSSR count). The third-order valence-corrected chi connectivity index (χ3v) is 3.76. The van der Waals surface area contributed by atoms with E-state index in [9.17, 15) is 13.2 Å². The van der Waals surface area contributed by atoms with Crippen molar-refractivity contribution < 1.29 is 13.2 Å². The zero-order valence-electron chi connectivity index (χ0n) is 9.34. The van der Waals surface area contributed by atoms with Crippen molar-refractivity contribution in [3.8, 4) is 0 Å². The van der Waals surface area contributed by atoms with E-state index in [1.165, 1.54) is 0 Å². The summed E-state index contributed by atoms with van der Waals surface area (Å²) in [5, 5.41) is 3.39. The molecule has 2 aliphatic rings. The number of pyridine rings is 1. The molecule has 3 heterocycles. The van der Waals surface area contributed by atoms with E-state index >= 15 is 0 Å². The van der Waals surface area contributed by atoms with E-state index in [1.807, 2.05) is 4.90 Å². The van der Waals surface area contributed by atoms with Crippen LogP contribution in [0.5, 0.6) is 0 Å². The Morgan fingerprint density at radius 3 is 2.72 bits per heavy atom. The third-order valence-electron chi connectivity index (χ3n) is 3.48. The number of fused-ring (bicyclic) bond motifs is 2. The van der Waals surface area contributed by atoms with Crippen molar-refractivity contribution >= 4 is 17.4 Å². The van der Waals surface area contributed by atoms with Gasteiger partial charge in [0.1, 0.15) is 5.82 Å². The van der Waals surface area contributed by atoms with Gasteiger partial charge in [0, 0.05) is 31.4 Å². The molecule has 7 heteroatoms. The lowest BCUT2D eigenvalue weighted by molar-refractivity contribution is -0.137. The molecule has 0 aromatic carbocycles. The van der Waals surface area contributed by atoms with Gasteiger partial charge in [-0.2, -0.15) is 13.2 Å². The Morgan fingerprint density at radius 2 is 2.22 bits per heavy atom. The summed E-state index contributed by atoms with van der Waals surface area (Å²) in [6, 6.07) is 1.63. The molecule has 2 fully saturated rings. The number of halogens is 4. The van der Waals surface area contributed by atoms with Gasteiger partial charge >= 0.3 is 6.18 Å². The first kappa shape index (κ1) is 12.0. The minimum atomic E-state index is -4.40. The van der Waals surface area contributed by atoms with Gasteiger partial charge in [0.25, 0.3) is 0 Å². The lowest BCUT2D eigenvalue weighted by atomic mass is 10.2.